The summed E-state index contributed by atoms with van der Waals surface area (Å²) in [6.45, 7) is 2.05. The number of anilines is 1. The molecule has 23 heavy (non-hydrogen) atoms. The molecule has 0 aliphatic heterocycles. The minimum absolute atomic E-state index is 0.0324. The van der Waals surface area contributed by atoms with E-state index in [2.05, 4.69) is 20.9 Å². The molecule has 0 saturated heterocycles. The number of aromatic hydroxyl groups is 1. The van der Waals surface area contributed by atoms with Gasteiger partial charge in [0.05, 0.1) is 6.61 Å². The largest absolute Gasteiger partial charge is 0.504 e. The number of hydrogen-bond acceptors (Lipinski definition) is 6. The molecule has 0 fully saturated rings. The Morgan fingerprint density at radius 1 is 1.35 bits per heavy atom. The van der Waals surface area contributed by atoms with Crippen molar-refractivity contribution in [2.75, 3.05) is 12.3 Å². The second-order valence-electron chi connectivity index (χ2n) is 4.45. The highest BCUT2D eigenvalue weighted by Gasteiger charge is 2.21. The molecule has 2 aromatic rings. The van der Waals surface area contributed by atoms with Crippen molar-refractivity contribution in [2.45, 2.75) is 6.92 Å². The van der Waals surface area contributed by atoms with Crippen LogP contribution in [0.2, 0.25) is 0 Å². The first kappa shape index (κ1) is 16.4. The van der Waals surface area contributed by atoms with Gasteiger partial charge in [0.2, 0.25) is 0 Å². The van der Waals surface area contributed by atoms with E-state index in [1.54, 1.807) is 13.0 Å². The highest BCUT2D eigenvalue weighted by Crippen LogP contribution is 2.40. The first-order valence-electron chi connectivity index (χ1n) is 6.46. The maximum Gasteiger partial charge on any atom is 0.268 e. The Morgan fingerprint density at radius 2 is 2.00 bits per heavy atom. The van der Waals surface area contributed by atoms with Crippen LogP contribution in [-0.2, 0) is 0 Å². The van der Waals surface area contributed by atoms with Crippen molar-refractivity contribution in [3.05, 3.63) is 38.1 Å². The molecule has 0 radical (unpaired) electrons. The Hall–Kier alpha value is -2.97. The Balaban J connectivity index is 2.93. The average molecular weight is 375 g/mol. The lowest BCUT2D eigenvalue weighted by atomic mass is 9.96. The molecule has 0 amide bonds. The number of ether oxygens (including phenoxy) is 1. The van der Waals surface area contributed by atoms with Gasteiger partial charge in [0, 0.05) is 15.6 Å². The Morgan fingerprint density at radius 3 is 2.57 bits per heavy atom. The van der Waals surface area contributed by atoms with Crippen LogP contribution in [-0.4, -0.2) is 16.7 Å². The van der Waals surface area contributed by atoms with E-state index in [-0.39, 0.29) is 34.0 Å². The highest BCUT2D eigenvalue weighted by atomic mass is 79.9. The van der Waals surface area contributed by atoms with E-state index >= 15 is 0 Å². The van der Waals surface area contributed by atoms with Crippen LogP contribution >= 0.6 is 15.9 Å². The lowest BCUT2D eigenvalue weighted by molar-refractivity contribution is 0.318. The van der Waals surface area contributed by atoms with Crippen molar-refractivity contribution in [3.8, 4) is 34.8 Å². The quantitative estimate of drug-likeness (QED) is 0.753. The molecule has 7 nitrogen and oxygen atoms in total. The van der Waals surface area contributed by atoms with Crippen LogP contribution in [0.3, 0.4) is 0 Å². The molecular formula is C15H11BrN4O3. The fourth-order valence-electron chi connectivity index (χ4n) is 2.12. The number of hydrogen-bond donors (Lipinski definition) is 3. The van der Waals surface area contributed by atoms with Crippen LogP contribution in [0.5, 0.6) is 11.5 Å². The molecule has 2 rings (SSSR count). The van der Waals surface area contributed by atoms with Crippen LogP contribution < -0.4 is 16.0 Å². The molecule has 4 N–H and O–H groups in total. The van der Waals surface area contributed by atoms with Crippen molar-refractivity contribution in [2.24, 2.45) is 0 Å². The number of aromatic nitrogens is 1. The molecule has 1 heterocycles. The molecule has 0 unspecified atom stereocenters. The number of phenols is 1. The van der Waals surface area contributed by atoms with Crippen LogP contribution in [0, 0.1) is 22.7 Å². The molecule has 0 aliphatic carbocycles. The van der Waals surface area contributed by atoms with Crippen molar-refractivity contribution in [1.82, 2.24) is 4.98 Å². The van der Waals surface area contributed by atoms with Crippen molar-refractivity contribution in [1.29, 1.82) is 10.5 Å². The molecule has 8 heteroatoms. The first-order valence-corrected chi connectivity index (χ1v) is 7.25. The lowest BCUT2D eigenvalue weighted by Crippen LogP contribution is -2.16. The number of halogens is 1. The predicted octanol–water partition coefficient (Wildman–Crippen LogP) is 2.23. The second kappa shape index (κ2) is 6.42. The Labute approximate surface area is 139 Å². The molecule has 0 bridgehead atoms. The van der Waals surface area contributed by atoms with Gasteiger partial charge in [-0.15, -0.1) is 0 Å². The highest BCUT2D eigenvalue weighted by molar-refractivity contribution is 9.10. The normalized spacial score (nSPS) is 9.91. The van der Waals surface area contributed by atoms with E-state index in [1.165, 1.54) is 12.1 Å². The van der Waals surface area contributed by atoms with E-state index in [1.807, 2.05) is 6.07 Å². The zero-order chi connectivity index (χ0) is 17.1. The number of nitriles is 2. The third-order valence-electron chi connectivity index (χ3n) is 3.09. The fourth-order valence-corrected chi connectivity index (χ4v) is 2.65. The third kappa shape index (κ3) is 2.85. The summed E-state index contributed by atoms with van der Waals surface area (Å²) >= 11 is 3.26. The SMILES string of the molecule is CCOc1cc(-c2c(C#N)c(N)[nH]c(=O)c2C#N)c(Br)cc1O. The number of pyridine rings is 1. The fraction of sp³-hybridized carbons (Fsp3) is 0.133. The van der Waals surface area contributed by atoms with Crippen LogP contribution in [0.4, 0.5) is 5.82 Å². The summed E-state index contributed by atoms with van der Waals surface area (Å²) in [6.07, 6.45) is 0. The number of nitrogens with one attached hydrogen (secondary N) is 1. The Kier molecular flexibility index (Phi) is 4.58. The molecule has 0 atom stereocenters. The number of benzene rings is 1. The summed E-state index contributed by atoms with van der Waals surface area (Å²) in [7, 11) is 0. The monoisotopic (exact) mass is 374 g/mol. The van der Waals surface area contributed by atoms with Crippen LogP contribution in [0.1, 0.15) is 18.1 Å². The van der Waals surface area contributed by atoms with E-state index in [0.717, 1.165) is 0 Å². The van der Waals surface area contributed by atoms with Gasteiger partial charge in [-0.25, -0.2) is 0 Å². The average Bonchev–Trinajstić information content (AvgIpc) is 2.49. The minimum atomic E-state index is -0.697. The summed E-state index contributed by atoms with van der Waals surface area (Å²) in [5.41, 5.74) is 5.14. The zero-order valence-electron chi connectivity index (χ0n) is 12.0. The second-order valence-corrected chi connectivity index (χ2v) is 5.30. The third-order valence-corrected chi connectivity index (χ3v) is 3.74. The number of nitrogens with zero attached hydrogens (tertiary/aromatic N) is 2. The van der Waals surface area contributed by atoms with E-state index < -0.39 is 5.56 Å². The molecule has 0 aliphatic rings. The summed E-state index contributed by atoms with van der Waals surface area (Å²) < 4.78 is 5.69. The first-order chi connectivity index (χ1) is 10.9. The van der Waals surface area contributed by atoms with E-state index in [9.17, 15) is 20.4 Å². The minimum Gasteiger partial charge on any atom is -0.504 e. The van der Waals surface area contributed by atoms with Gasteiger partial charge < -0.3 is 20.6 Å². The van der Waals surface area contributed by atoms with E-state index in [0.29, 0.717) is 16.6 Å². The van der Waals surface area contributed by atoms with Crippen LogP contribution in [0.15, 0.2) is 21.4 Å². The number of aromatic amines is 1. The molecule has 1 aromatic carbocycles. The molecule has 0 saturated carbocycles. The van der Waals surface area contributed by atoms with Gasteiger partial charge in [0.15, 0.2) is 11.5 Å². The number of rotatable bonds is 3. The van der Waals surface area contributed by atoms with Gasteiger partial charge in [-0.3, -0.25) is 4.79 Å². The Bertz CT molecular complexity index is 922. The van der Waals surface area contributed by atoms with Crippen molar-refractivity contribution >= 4 is 21.7 Å². The van der Waals surface area contributed by atoms with Crippen LogP contribution in [0.25, 0.3) is 11.1 Å². The summed E-state index contributed by atoms with van der Waals surface area (Å²) in [4.78, 5) is 14.2. The maximum atomic E-state index is 12.0. The zero-order valence-corrected chi connectivity index (χ0v) is 13.6. The standard InChI is InChI=1S/C15H11BrN4O3/c1-2-23-12-3-7(10(16)4-11(12)21)13-8(5-17)14(19)20-15(22)9(13)6-18/h3-4,21H,2H2,1H3,(H3,19,20,22). The summed E-state index contributed by atoms with van der Waals surface area (Å²) in [5, 5.41) is 28.5. The number of nitrogens with two attached hydrogens (primary N) is 1. The van der Waals surface area contributed by atoms with Gasteiger partial charge in [0.1, 0.15) is 29.1 Å². The molecule has 116 valence electrons. The van der Waals surface area contributed by atoms with Gasteiger partial charge in [-0.05, 0) is 19.1 Å². The summed E-state index contributed by atoms with van der Waals surface area (Å²) in [6, 6.07) is 6.47. The number of phenolic OH excluding ortho intramolecular Hbond substituents is 1. The molecule has 0 spiro atoms. The lowest BCUT2D eigenvalue weighted by Gasteiger charge is -2.13. The van der Waals surface area contributed by atoms with Crippen molar-refractivity contribution < 1.29 is 9.84 Å². The smallest absolute Gasteiger partial charge is 0.268 e. The van der Waals surface area contributed by atoms with Gasteiger partial charge in [0.25, 0.3) is 5.56 Å². The van der Waals surface area contributed by atoms with E-state index in [4.69, 9.17) is 10.5 Å². The van der Waals surface area contributed by atoms with Gasteiger partial charge in [-0.1, -0.05) is 15.9 Å². The van der Waals surface area contributed by atoms with Crippen molar-refractivity contribution in [3.63, 3.8) is 0 Å². The van der Waals surface area contributed by atoms with Gasteiger partial charge in [-0.2, -0.15) is 10.5 Å². The topological polar surface area (TPSA) is 136 Å². The molecular weight excluding hydrogens is 364 g/mol. The summed E-state index contributed by atoms with van der Waals surface area (Å²) in [5.74, 6) is -0.0842. The number of H-pyrrole nitrogens is 1. The maximum absolute atomic E-state index is 12.0. The predicted molar refractivity (Wildman–Crippen MR) is 86.9 cm³/mol. The molecule has 1 aromatic heterocycles. The van der Waals surface area contributed by atoms with Gasteiger partial charge >= 0.3 is 0 Å². The number of nitrogen functional groups attached to an aromatic ring is 1.